The Morgan fingerprint density at radius 3 is 2.50 bits per heavy atom. The van der Waals surface area contributed by atoms with Gasteiger partial charge in [-0.25, -0.2) is 4.79 Å². The fourth-order valence-corrected chi connectivity index (χ4v) is 3.74. The monoisotopic (exact) mass is 311 g/mol. The van der Waals surface area contributed by atoms with Crippen LogP contribution in [-0.2, 0) is 0 Å². The topological polar surface area (TPSA) is 64.6 Å². The smallest absolute Gasteiger partial charge is 0.317 e. The van der Waals surface area contributed by atoms with Crippen LogP contribution in [-0.4, -0.2) is 54.4 Å². The van der Waals surface area contributed by atoms with Gasteiger partial charge in [-0.2, -0.15) is 0 Å². The molecule has 1 aliphatic carbocycles. The van der Waals surface area contributed by atoms with Crippen LogP contribution in [0.3, 0.4) is 0 Å². The van der Waals surface area contributed by atoms with E-state index in [-0.39, 0.29) is 12.1 Å². The molecule has 3 N–H and O–H groups in total. The van der Waals surface area contributed by atoms with E-state index in [0.717, 1.165) is 64.6 Å². The van der Waals surface area contributed by atoms with Gasteiger partial charge in [0.05, 0.1) is 5.60 Å². The number of piperidine rings is 1. The summed E-state index contributed by atoms with van der Waals surface area (Å²) in [5.74, 6) is 0.611. The predicted molar refractivity (Wildman–Crippen MR) is 88.9 cm³/mol. The van der Waals surface area contributed by atoms with Gasteiger partial charge in [-0.15, -0.1) is 0 Å². The van der Waals surface area contributed by atoms with Crippen LogP contribution in [0.2, 0.25) is 0 Å². The molecule has 22 heavy (non-hydrogen) atoms. The van der Waals surface area contributed by atoms with E-state index in [4.69, 9.17) is 0 Å². The highest BCUT2D eigenvalue weighted by Crippen LogP contribution is 2.33. The van der Waals surface area contributed by atoms with E-state index in [1.165, 1.54) is 6.42 Å². The number of nitrogens with zero attached hydrogens (tertiary/aromatic N) is 1. The summed E-state index contributed by atoms with van der Waals surface area (Å²) in [5, 5.41) is 16.5. The lowest BCUT2D eigenvalue weighted by molar-refractivity contribution is 0.00568. The van der Waals surface area contributed by atoms with Crippen LogP contribution in [0.5, 0.6) is 0 Å². The van der Waals surface area contributed by atoms with Crippen LogP contribution in [0.1, 0.15) is 58.3 Å². The van der Waals surface area contributed by atoms with E-state index in [2.05, 4.69) is 10.6 Å². The number of carbonyl (C=O) groups excluding carboxylic acids is 1. The number of urea groups is 1. The molecule has 1 atom stereocenters. The number of hydrogen-bond donors (Lipinski definition) is 3. The molecular weight excluding hydrogens is 278 g/mol. The molecule has 1 saturated carbocycles. The summed E-state index contributed by atoms with van der Waals surface area (Å²) in [5.41, 5.74) is -0.480. The van der Waals surface area contributed by atoms with Crippen LogP contribution in [0.4, 0.5) is 4.79 Å². The summed E-state index contributed by atoms with van der Waals surface area (Å²) in [7, 11) is 1.94. The summed E-state index contributed by atoms with van der Waals surface area (Å²) >= 11 is 0. The third kappa shape index (κ3) is 5.43. The van der Waals surface area contributed by atoms with Crippen molar-refractivity contribution in [1.29, 1.82) is 0 Å². The van der Waals surface area contributed by atoms with Crippen molar-refractivity contribution in [3.8, 4) is 0 Å². The van der Waals surface area contributed by atoms with Crippen molar-refractivity contribution in [1.82, 2.24) is 15.5 Å². The highest BCUT2D eigenvalue weighted by Gasteiger charge is 2.30. The Labute approximate surface area is 134 Å². The molecule has 1 heterocycles. The van der Waals surface area contributed by atoms with E-state index in [1.807, 2.05) is 18.9 Å². The molecule has 0 aromatic rings. The number of hydrogen-bond acceptors (Lipinski definition) is 3. The maximum atomic E-state index is 12.4. The number of rotatable bonds is 5. The van der Waals surface area contributed by atoms with Gasteiger partial charge in [-0.05, 0) is 71.3 Å². The molecule has 2 aliphatic rings. The Kier molecular flexibility index (Phi) is 6.50. The molecule has 0 aromatic heterocycles. The van der Waals surface area contributed by atoms with Crippen molar-refractivity contribution in [2.45, 2.75) is 69.9 Å². The minimum atomic E-state index is -0.480. The minimum absolute atomic E-state index is 0.0998. The van der Waals surface area contributed by atoms with Gasteiger partial charge in [0.2, 0.25) is 0 Å². The quantitative estimate of drug-likeness (QED) is 0.728. The molecule has 1 saturated heterocycles. The highest BCUT2D eigenvalue weighted by molar-refractivity contribution is 5.74. The third-order valence-corrected chi connectivity index (χ3v) is 5.22. The molecule has 2 amide bonds. The second kappa shape index (κ2) is 8.16. The van der Waals surface area contributed by atoms with Gasteiger partial charge in [0, 0.05) is 25.7 Å². The molecule has 2 fully saturated rings. The fourth-order valence-electron chi connectivity index (χ4n) is 3.74. The van der Waals surface area contributed by atoms with Gasteiger partial charge in [0.1, 0.15) is 0 Å². The first-order valence-corrected chi connectivity index (χ1v) is 8.92. The van der Waals surface area contributed by atoms with Crippen molar-refractivity contribution in [2.24, 2.45) is 5.92 Å². The second-order valence-corrected chi connectivity index (χ2v) is 7.43. The number of amides is 2. The molecule has 5 heteroatoms. The summed E-state index contributed by atoms with van der Waals surface area (Å²) < 4.78 is 0. The summed E-state index contributed by atoms with van der Waals surface area (Å²) in [6.07, 6.45) is 8.39. The van der Waals surface area contributed by atoms with Gasteiger partial charge >= 0.3 is 6.03 Å². The van der Waals surface area contributed by atoms with Crippen LogP contribution < -0.4 is 10.6 Å². The second-order valence-electron chi connectivity index (χ2n) is 7.43. The van der Waals surface area contributed by atoms with Crippen LogP contribution in [0.25, 0.3) is 0 Å². The van der Waals surface area contributed by atoms with Gasteiger partial charge < -0.3 is 20.6 Å². The standard InChI is InChI=1S/C17H33N3O2/c1-17(22)8-6-14(7-9-17)12-15(13-18-2)19-16(21)20-10-4-3-5-11-20/h14-15,18,22H,3-13H2,1-2H3,(H,19,21)/t14-,15-,17+/m0/s1. The number of aliphatic hydroxyl groups is 1. The molecule has 0 bridgehead atoms. The molecular formula is C17H33N3O2. The van der Waals surface area contributed by atoms with Crippen LogP contribution in [0, 0.1) is 5.92 Å². The number of carbonyl (C=O) groups is 1. The lowest BCUT2D eigenvalue weighted by Gasteiger charge is -2.35. The summed E-state index contributed by atoms with van der Waals surface area (Å²) in [6.45, 7) is 4.54. The maximum absolute atomic E-state index is 12.4. The van der Waals surface area contributed by atoms with Gasteiger partial charge in [-0.1, -0.05) is 0 Å². The largest absolute Gasteiger partial charge is 0.390 e. The lowest BCUT2D eigenvalue weighted by atomic mass is 9.77. The normalized spacial score (nSPS) is 30.9. The molecule has 2 rings (SSSR count). The highest BCUT2D eigenvalue weighted by atomic mass is 16.3. The number of nitrogens with one attached hydrogen (secondary N) is 2. The fraction of sp³-hybridized carbons (Fsp3) is 0.941. The lowest BCUT2D eigenvalue weighted by Crippen LogP contribution is -2.50. The zero-order chi connectivity index (χ0) is 16.0. The van der Waals surface area contributed by atoms with E-state index in [1.54, 1.807) is 0 Å². The zero-order valence-electron chi connectivity index (χ0n) is 14.2. The van der Waals surface area contributed by atoms with Crippen molar-refractivity contribution < 1.29 is 9.90 Å². The van der Waals surface area contributed by atoms with E-state index >= 15 is 0 Å². The average Bonchev–Trinajstić information content (AvgIpc) is 2.50. The SMILES string of the molecule is CNC[C@H](C[C@H]1CC[C@@](C)(O)CC1)NC(=O)N1CCCCC1. The Morgan fingerprint density at radius 1 is 1.27 bits per heavy atom. The van der Waals surface area contributed by atoms with Crippen molar-refractivity contribution in [2.75, 3.05) is 26.7 Å². The first kappa shape index (κ1) is 17.5. The first-order valence-electron chi connectivity index (χ1n) is 8.92. The Morgan fingerprint density at radius 2 is 1.91 bits per heavy atom. The number of likely N-dealkylation sites (tertiary alicyclic amines) is 1. The van der Waals surface area contributed by atoms with Crippen molar-refractivity contribution in [3.05, 3.63) is 0 Å². The first-order chi connectivity index (χ1) is 10.5. The molecule has 0 spiro atoms. The molecule has 5 nitrogen and oxygen atoms in total. The molecule has 0 unspecified atom stereocenters. The van der Waals surface area contributed by atoms with Crippen molar-refractivity contribution in [3.63, 3.8) is 0 Å². The van der Waals surface area contributed by atoms with Gasteiger partial charge in [0.25, 0.3) is 0 Å². The van der Waals surface area contributed by atoms with Crippen LogP contribution >= 0.6 is 0 Å². The average molecular weight is 311 g/mol. The molecule has 0 radical (unpaired) electrons. The summed E-state index contributed by atoms with van der Waals surface area (Å²) in [6, 6.07) is 0.287. The van der Waals surface area contributed by atoms with E-state index in [0.29, 0.717) is 5.92 Å². The Hall–Kier alpha value is -0.810. The van der Waals surface area contributed by atoms with Gasteiger partial charge in [-0.3, -0.25) is 0 Å². The van der Waals surface area contributed by atoms with E-state index in [9.17, 15) is 9.90 Å². The molecule has 128 valence electrons. The minimum Gasteiger partial charge on any atom is -0.390 e. The Bertz CT molecular complexity index is 344. The Balaban J connectivity index is 1.80. The maximum Gasteiger partial charge on any atom is 0.317 e. The predicted octanol–water partition coefficient (Wildman–Crippen LogP) is 2.10. The van der Waals surface area contributed by atoms with Gasteiger partial charge in [0.15, 0.2) is 0 Å². The summed E-state index contributed by atoms with van der Waals surface area (Å²) in [4.78, 5) is 14.3. The van der Waals surface area contributed by atoms with Crippen molar-refractivity contribution >= 4 is 6.03 Å². The molecule has 0 aromatic carbocycles. The van der Waals surface area contributed by atoms with Crippen LogP contribution in [0.15, 0.2) is 0 Å². The molecule has 1 aliphatic heterocycles. The zero-order valence-corrected chi connectivity index (χ0v) is 14.2. The third-order valence-electron chi connectivity index (χ3n) is 5.22. The van der Waals surface area contributed by atoms with E-state index < -0.39 is 5.60 Å². The number of likely N-dealkylation sites (N-methyl/N-ethyl adjacent to an activating group) is 1.